The number of rotatable bonds is 5. The number of nitro groups is 1. The molecule has 1 aliphatic heterocycles. The minimum Gasteiger partial charge on any atom is -0.291 e. The smallest absolute Gasteiger partial charge is 0.291 e. The Labute approximate surface area is 124 Å². The Morgan fingerprint density at radius 3 is 2.27 bits per heavy atom. The van der Waals surface area contributed by atoms with E-state index in [4.69, 9.17) is 0 Å². The second-order valence-corrected chi connectivity index (χ2v) is 7.06. The van der Waals surface area contributed by atoms with E-state index in [0.717, 1.165) is 29.2 Å². The van der Waals surface area contributed by atoms with E-state index in [1.807, 2.05) is 0 Å². The Morgan fingerprint density at radius 2 is 1.86 bits per heavy atom. The molecule has 0 aromatic heterocycles. The Morgan fingerprint density at radius 1 is 1.27 bits per heavy atom. The van der Waals surface area contributed by atoms with Gasteiger partial charge in [0.1, 0.15) is 6.04 Å². The van der Waals surface area contributed by atoms with Gasteiger partial charge in [-0.25, -0.2) is 8.42 Å². The first kappa shape index (κ1) is 16.7. The van der Waals surface area contributed by atoms with Crippen LogP contribution in [-0.4, -0.2) is 49.3 Å². The molecule has 122 valence electrons. The molecule has 1 atom stereocenters. The SMILES string of the molecule is O=[N+]([O-])c1ccc(S(=O)(=O)CCN2CC[C@H]2C(F)(F)F)cc1. The van der Waals surface area contributed by atoms with E-state index < -0.39 is 32.7 Å². The molecule has 0 amide bonds. The molecule has 2 rings (SSSR count). The first-order valence-corrected chi connectivity index (χ1v) is 8.04. The summed E-state index contributed by atoms with van der Waals surface area (Å²) in [5.41, 5.74) is -0.251. The lowest BCUT2D eigenvalue weighted by molar-refractivity contribution is -0.384. The van der Waals surface area contributed by atoms with E-state index in [1.165, 1.54) is 0 Å². The zero-order valence-electron chi connectivity index (χ0n) is 11.3. The normalized spacial score (nSPS) is 19.7. The molecule has 0 spiro atoms. The lowest BCUT2D eigenvalue weighted by atomic mass is 10.0. The fourth-order valence-electron chi connectivity index (χ4n) is 2.21. The van der Waals surface area contributed by atoms with Gasteiger partial charge in [-0.15, -0.1) is 0 Å². The molecule has 0 saturated carbocycles. The number of hydrogen-bond donors (Lipinski definition) is 0. The van der Waals surface area contributed by atoms with Crippen molar-refractivity contribution < 1.29 is 26.5 Å². The van der Waals surface area contributed by atoms with Gasteiger partial charge in [0.2, 0.25) is 0 Å². The maximum absolute atomic E-state index is 12.6. The van der Waals surface area contributed by atoms with Crippen LogP contribution in [0.5, 0.6) is 0 Å². The molecule has 1 aromatic carbocycles. The molecule has 1 saturated heterocycles. The number of benzene rings is 1. The van der Waals surface area contributed by atoms with Crippen molar-refractivity contribution in [2.75, 3.05) is 18.8 Å². The summed E-state index contributed by atoms with van der Waals surface area (Å²) in [4.78, 5) is 10.8. The maximum atomic E-state index is 12.6. The molecule has 10 heteroatoms. The third-order valence-corrected chi connectivity index (χ3v) is 5.27. The molecule has 0 bridgehead atoms. The Balaban J connectivity index is 2.01. The number of halogens is 3. The molecule has 6 nitrogen and oxygen atoms in total. The summed E-state index contributed by atoms with van der Waals surface area (Å²) in [5.74, 6) is -0.461. The molecule has 0 radical (unpaired) electrons. The molecule has 1 aliphatic rings. The highest BCUT2D eigenvalue weighted by atomic mass is 32.2. The van der Waals surface area contributed by atoms with Gasteiger partial charge in [-0.3, -0.25) is 15.0 Å². The zero-order chi connectivity index (χ0) is 16.5. The van der Waals surface area contributed by atoms with Gasteiger partial charge in [0.05, 0.1) is 15.6 Å². The summed E-state index contributed by atoms with van der Waals surface area (Å²) >= 11 is 0. The monoisotopic (exact) mass is 338 g/mol. The van der Waals surface area contributed by atoms with Crippen molar-refractivity contribution in [1.29, 1.82) is 0 Å². The van der Waals surface area contributed by atoms with Crippen molar-refractivity contribution in [3.63, 3.8) is 0 Å². The summed E-state index contributed by atoms with van der Waals surface area (Å²) in [7, 11) is -3.77. The highest BCUT2D eigenvalue weighted by Crippen LogP contribution is 2.33. The lowest BCUT2D eigenvalue weighted by Gasteiger charge is -2.41. The predicted molar refractivity (Wildman–Crippen MR) is 71.2 cm³/mol. The van der Waals surface area contributed by atoms with Crippen LogP contribution in [0.2, 0.25) is 0 Å². The van der Waals surface area contributed by atoms with Crippen LogP contribution in [0.15, 0.2) is 29.2 Å². The van der Waals surface area contributed by atoms with E-state index >= 15 is 0 Å². The van der Waals surface area contributed by atoms with Crippen molar-refractivity contribution in [2.45, 2.75) is 23.5 Å². The summed E-state index contributed by atoms with van der Waals surface area (Å²) in [6, 6.07) is 2.69. The fourth-order valence-corrected chi connectivity index (χ4v) is 3.47. The fraction of sp³-hybridized carbons (Fsp3) is 0.500. The van der Waals surface area contributed by atoms with Crippen LogP contribution in [0.1, 0.15) is 6.42 Å². The van der Waals surface area contributed by atoms with Crippen molar-refractivity contribution in [3.05, 3.63) is 34.4 Å². The van der Waals surface area contributed by atoms with Gasteiger partial charge >= 0.3 is 6.18 Å². The van der Waals surface area contributed by atoms with Gasteiger partial charge in [-0.2, -0.15) is 13.2 Å². The second kappa shape index (κ2) is 5.84. The Bertz CT molecular complexity index is 658. The van der Waals surface area contributed by atoms with Crippen molar-refractivity contribution in [2.24, 2.45) is 0 Å². The van der Waals surface area contributed by atoms with Gasteiger partial charge in [-0.1, -0.05) is 0 Å². The van der Waals surface area contributed by atoms with Crippen LogP contribution in [0.25, 0.3) is 0 Å². The van der Waals surface area contributed by atoms with Crippen molar-refractivity contribution >= 4 is 15.5 Å². The molecular weight excluding hydrogens is 325 g/mol. The van der Waals surface area contributed by atoms with Gasteiger partial charge in [0, 0.05) is 25.2 Å². The van der Waals surface area contributed by atoms with Gasteiger partial charge in [0.15, 0.2) is 9.84 Å². The maximum Gasteiger partial charge on any atom is 0.404 e. The first-order chi connectivity index (χ1) is 10.1. The van der Waals surface area contributed by atoms with E-state index in [0.29, 0.717) is 0 Å². The highest BCUT2D eigenvalue weighted by Gasteiger charge is 2.48. The molecule has 1 aromatic rings. The molecule has 0 aliphatic carbocycles. The number of likely N-dealkylation sites (tertiary alicyclic amines) is 1. The first-order valence-electron chi connectivity index (χ1n) is 6.39. The standard InChI is InChI=1S/C12H13F3N2O4S/c13-12(14,15)11-5-6-16(11)7-8-22(20,21)10-3-1-9(2-4-10)17(18)19/h1-4,11H,5-8H2/t11-/m0/s1. The van der Waals surface area contributed by atoms with Crippen LogP contribution in [0.4, 0.5) is 18.9 Å². The number of sulfone groups is 1. The average molecular weight is 338 g/mol. The second-order valence-electron chi connectivity index (χ2n) is 4.95. The van der Waals surface area contributed by atoms with E-state index in [-0.39, 0.29) is 30.1 Å². The lowest BCUT2D eigenvalue weighted by Crippen LogP contribution is -2.56. The molecule has 0 N–H and O–H groups in total. The number of hydrogen-bond acceptors (Lipinski definition) is 5. The van der Waals surface area contributed by atoms with E-state index in [9.17, 15) is 31.7 Å². The minimum absolute atomic E-state index is 0.0267. The number of non-ortho nitro benzene ring substituents is 1. The molecule has 22 heavy (non-hydrogen) atoms. The Hall–Kier alpha value is -1.68. The van der Waals surface area contributed by atoms with Crippen LogP contribution in [0.3, 0.4) is 0 Å². The minimum atomic E-state index is -4.35. The van der Waals surface area contributed by atoms with E-state index in [1.54, 1.807) is 0 Å². The van der Waals surface area contributed by atoms with E-state index in [2.05, 4.69) is 0 Å². The summed E-state index contributed by atoms with van der Waals surface area (Å²) in [5, 5.41) is 10.5. The summed E-state index contributed by atoms with van der Waals surface area (Å²) in [6.45, 7) is -0.0105. The van der Waals surface area contributed by atoms with Gasteiger partial charge < -0.3 is 0 Å². The summed E-state index contributed by atoms with van der Waals surface area (Å²) < 4.78 is 61.7. The topological polar surface area (TPSA) is 80.5 Å². The van der Waals surface area contributed by atoms with Crippen molar-refractivity contribution in [3.8, 4) is 0 Å². The third-order valence-electron chi connectivity index (χ3n) is 3.56. The van der Waals surface area contributed by atoms with Gasteiger partial charge in [0.25, 0.3) is 5.69 Å². The van der Waals surface area contributed by atoms with Crippen LogP contribution < -0.4 is 0 Å². The quantitative estimate of drug-likeness (QED) is 0.606. The molecular formula is C12H13F3N2O4S. The number of nitro benzene ring substituents is 1. The molecule has 1 heterocycles. The summed E-state index contributed by atoms with van der Waals surface area (Å²) in [6.07, 6.45) is -4.38. The highest BCUT2D eigenvalue weighted by molar-refractivity contribution is 7.91. The number of alkyl halides is 3. The average Bonchev–Trinajstić information content (AvgIpc) is 2.35. The van der Waals surface area contributed by atoms with Crippen LogP contribution in [0, 0.1) is 10.1 Å². The number of nitrogens with zero attached hydrogens (tertiary/aromatic N) is 2. The molecule has 0 unspecified atom stereocenters. The van der Waals surface area contributed by atoms with Crippen LogP contribution >= 0.6 is 0 Å². The Kier molecular flexibility index (Phi) is 4.43. The largest absolute Gasteiger partial charge is 0.404 e. The zero-order valence-corrected chi connectivity index (χ0v) is 12.1. The molecule has 1 fully saturated rings. The third kappa shape index (κ3) is 3.55. The van der Waals surface area contributed by atoms with Crippen LogP contribution in [-0.2, 0) is 9.84 Å². The van der Waals surface area contributed by atoms with Gasteiger partial charge in [-0.05, 0) is 18.6 Å². The predicted octanol–water partition coefficient (Wildman–Crippen LogP) is 2.01. The van der Waals surface area contributed by atoms with Crippen molar-refractivity contribution in [1.82, 2.24) is 4.90 Å².